The summed E-state index contributed by atoms with van der Waals surface area (Å²) in [6.45, 7) is 0. The lowest BCUT2D eigenvalue weighted by Gasteiger charge is -2.11. The number of hydrogen-bond donors (Lipinski definition) is 0. The zero-order valence-corrected chi connectivity index (χ0v) is 12.0. The number of benzene rings is 2. The third kappa shape index (κ3) is 2.83. The molecule has 0 unspecified atom stereocenters. The van der Waals surface area contributed by atoms with Crippen molar-refractivity contribution >= 4 is 17.4 Å². The first kappa shape index (κ1) is 15.3. The second kappa shape index (κ2) is 6.10. The topological polar surface area (TPSA) is 35.5 Å². The maximum atomic E-state index is 14.0. The number of halogens is 3. The van der Waals surface area contributed by atoms with Gasteiger partial charge < -0.3 is 9.47 Å². The lowest BCUT2D eigenvalue weighted by molar-refractivity contribution is 0.103. The lowest BCUT2D eigenvalue weighted by Crippen LogP contribution is -2.07. The highest BCUT2D eigenvalue weighted by atomic mass is 35.5. The Balaban J connectivity index is 2.56. The van der Waals surface area contributed by atoms with Gasteiger partial charge in [-0.25, -0.2) is 8.78 Å². The Morgan fingerprint density at radius 3 is 2.24 bits per heavy atom. The molecule has 0 radical (unpaired) electrons. The van der Waals surface area contributed by atoms with E-state index in [1.54, 1.807) is 0 Å². The summed E-state index contributed by atoms with van der Waals surface area (Å²) in [5, 5.41) is -0.350. The fourth-order valence-corrected chi connectivity index (χ4v) is 2.06. The fourth-order valence-electron chi connectivity index (χ4n) is 1.85. The van der Waals surface area contributed by atoms with Gasteiger partial charge in [-0.2, -0.15) is 0 Å². The largest absolute Gasteiger partial charge is 0.493 e. The molecule has 0 atom stereocenters. The molecule has 0 aliphatic carbocycles. The van der Waals surface area contributed by atoms with Gasteiger partial charge in [-0.3, -0.25) is 4.79 Å². The zero-order chi connectivity index (χ0) is 15.6. The first-order chi connectivity index (χ1) is 9.99. The number of hydrogen-bond acceptors (Lipinski definition) is 3. The number of carbonyl (C=O) groups is 1. The second-order valence-electron chi connectivity index (χ2n) is 4.12. The molecule has 110 valence electrons. The SMILES string of the molecule is COc1cc(F)c(C(=O)c2cccc(F)c2Cl)cc1OC. The Hall–Kier alpha value is -2.14. The molecular formula is C15H11ClF2O3. The second-order valence-corrected chi connectivity index (χ2v) is 4.50. The zero-order valence-electron chi connectivity index (χ0n) is 11.2. The molecule has 0 amide bonds. The maximum absolute atomic E-state index is 14.0. The van der Waals surface area contributed by atoms with Gasteiger partial charge in [0.2, 0.25) is 0 Å². The molecule has 2 rings (SSSR count). The van der Waals surface area contributed by atoms with Crippen LogP contribution in [0.3, 0.4) is 0 Å². The summed E-state index contributed by atoms with van der Waals surface area (Å²) >= 11 is 5.75. The first-order valence-corrected chi connectivity index (χ1v) is 6.27. The van der Waals surface area contributed by atoms with Gasteiger partial charge in [0.15, 0.2) is 17.3 Å². The van der Waals surface area contributed by atoms with Crippen LogP contribution in [0.1, 0.15) is 15.9 Å². The monoisotopic (exact) mass is 312 g/mol. The molecule has 21 heavy (non-hydrogen) atoms. The molecule has 0 N–H and O–H groups in total. The van der Waals surface area contributed by atoms with Gasteiger partial charge in [0.1, 0.15) is 11.6 Å². The molecular weight excluding hydrogens is 302 g/mol. The van der Waals surface area contributed by atoms with Crippen molar-refractivity contribution in [1.29, 1.82) is 0 Å². The van der Waals surface area contributed by atoms with Gasteiger partial charge in [-0.1, -0.05) is 17.7 Å². The number of methoxy groups -OCH3 is 2. The third-order valence-corrected chi connectivity index (χ3v) is 3.30. The van der Waals surface area contributed by atoms with Crippen LogP contribution in [0, 0.1) is 11.6 Å². The quantitative estimate of drug-likeness (QED) is 0.804. The van der Waals surface area contributed by atoms with Crippen molar-refractivity contribution in [3.8, 4) is 11.5 Å². The van der Waals surface area contributed by atoms with E-state index in [-0.39, 0.29) is 27.6 Å². The average Bonchev–Trinajstić information content (AvgIpc) is 2.49. The molecule has 6 heteroatoms. The van der Waals surface area contributed by atoms with E-state index in [0.717, 1.165) is 12.1 Å². The number of rotatable bonds is 4. The first-order valence-electron chi connectivity index (χ1n) is 5.89. The standard InChI is InChI=1S/C15H11ClF2O3/c1-20-12-6-9(11(18)7-13(12)21-2)15(19)8-4-3-5-10(17)14(8)16/h3-7H,1-2H3. The summed E-state index contributed by atoms with van der Waals surface area (Å²) in [6.07, 6.45) is 0. The molecule has 0 spiro atoms. The van der Waals surface area contributed by atoms with Gasteiger partial charge in [0, 0.05) is 11.6 Å². The van der Waals surface area contributed by atoms with Crippen LogP contribution in [0.4, 0.5) is 8.78 Å². The summed E-state index contributed by atoms with van der Waals surface area (Å²) in [5.41, 5.74) is -0.400. The number of ether oxygens (including phenoxy) is 2. The van der Waals surface area contributed by atoms with Gasteiger partial charge >= 0.3 is 0 Å². The Labute approximate surface area is 125 Å². The van der Waals surface area contributed by atoms with Crippen molar-refractivity contribution in [3.63, 3.8) is 0 Å². The Morgan fingerprint density at radius 2 is 1.62 bits per heavy atom. The molecule has 0 aliphatic heterocycles. The van der Waals surface area contributed by atoms with Gasteiger partial charge in [-0.15, -0.1) is 0 Å². The van der Waals surface area contributed by atoms with Crippen molar-refractivity contribution in [2.45, 2.75) is 0 Å². The summed E-state index contributed by atoms with van der Waals surface area (Å²) in [7, 11) is 2.71. The van der Waals surface area contributed by atoms with Crippen LogP contribution in [0.5, 0.6) is 11.5 Å². The van der Waals surface area contributed by atoms with Crippen molar-refractivity contribution in [2.75, 3.05) is 14.2 Å². The van der Waals surface area contributed by atoms with Crippen molar-refractivity contribution < 1.29 is 23.0 Å². The summed E-state index contributed by atoms with van der Waals surface area (Å²) in [6, 6.07) is 5.98. The molecule has 0 aliphatic rings. The van der Waals surface area contributed by atoms with Crippen LogP contribution in [0.2, 0.25) is 5.02 Å². The fraction of sp³-hybridized carbons (Fsp3) is 0.133. The van der Waals surface area contributed by atoms with E-state index in [4.69, 9.17) is 21.1 Å². The van der Waals surface area contributed by atoms with E-state index in [2.05, 4.69) is 0 Å². The van der Waals surface area contributed by atoms with E-state index in [9.17, 15) is 13.6 Å². The molecule has 0 saturated heterocycles. The predicted molar refractivity (Wildman–Crippen MR) is 74.3 cm³/mol. The van der Waals surface area contributed by atoms with Crippen LogP contribution in [0.25, 0.3) is 0 Å². The number of carbonyl (C=O) groups excluding carboxylic acids is 1. The third-order valence-electron chi connectivity index (χ3n) is 2.91. The van der Waals surface area contributed by atoms with Crippen molar-refractivity contribution in [2.24, 2.45) is 0 Å². The number of ketones is 1. The van der Waals surface area contributed by atoms with E-state index in [1.165, 1.54) is 32.4 Å². The van der Waals surface area contributed by atoms with Crippen molar-refractivity contribution in [3.05, 3.63) is 58.1 Å². The van der Waals surface area contributed by atoms with E-state index in [0.29, 0.717) is 0 Å². The highest BCUT2D eigenvalue weighted by Gasteiger charge is 2.21. The van der Waals surface area contributed by atoms with Crippen LogP contribution in [0.15, 0.2) is 30.3 Å². The minimum absolute atomic E-state index is 0.122. The average molecular weight is 313 g/mol. The summed E-state index contributed by atoms with van der Waals surface area (Å²) in [4.78, 5) is 12.3. The summed E-state index contributed by atoms with van der Waals surface area (Å²) < 4.78 is 37.4. The maximum Gasteiger partial charge on any atom is 0.197 e. The Kier molecular flexibility index (Phi) is 4.43. The minimum atomic E-state index is -0.807. The molecule has 0 saturated carbocycles. The van der Waals surface area contributed by atoms with Crippen molar-refractivity contribution in [1.82, 2.24) is 0 Å². The van der Waals surface area contributed by atoms with E-state index in [1.807, 2.05) is 0 Å². The minimum Gasteiger partial charge on any atom is -0.493 e. The Bertz CT molecular complexity index is 702. The van der Waals surface area contributed by atoms with Gasteiger partial charge in [0.25, 0.3) is 0 Å². The van der Waals surface area contributed by atoms with E-state index < -0.39 is 17.4 Å². The summed E-state index contributed by atoms with van der Waals surface area (Å²) in [5.74, 6) is -1.95. The molecule has 3 nitrogen and oxygen atoms in total. The molecule has 2 aromatic rings. The van der Waals surface area contributed by atoms with Gasteiger partial charge in [0.05, 0.1) is 24.8 Å². The highest BCUT2D eigenvalue weighted by Crippen LogP contribution is 2.32. The van der Waals surface area contributed by atoms with Crippen LogP contribution in [-0.2, 0) is 0 Å². The van der Waals surface area contributed by atoms with E-state index >= 15 is 0 Å². The van der Waals surface area contributed by atoms with Crippen LogP contribution < -0.4 is 9.47 Å². The van der Waals surface area contributed by atoms with Crippen LogP contribution in [-0.4, -0.2) is 20.0 Å². The lowest BCUT2D eigenvalue weighted by atomic mass is 10.0. The molecule has 0 fully saturated rings. The predicted octanol–water partition coefficient (Wildman–Crippen LogP) is 3.87. The molecule has 0 heterocycles. The molecule has 0 aromatic heterocycles. The molecule has 0 bridgehead atoms. The van der Waals surface area contributed by atoms with Crippen LogP contribution >= 0.6 is 11.6 Å². The van der Waals surface area contributed by atoms with Gasteiger partial charge in [-0.05, 0) is 18.2 Å². The Morgan fingerprint density at radius 1 is 1.00 bits per heavy atom. The smallest absolute Gasteiger partial charge is 0.197 e. The normalized spacial score (nSPS) is 10.3. The molecule has 2 aromatic carbocycles. The highest BCUT2D eigenvalue weighted by molar-refractivity contribution is 6.35.